The summed E-state index contributed by atoms with van der Waals surface area (Å²) in [7, 11) is 1.89. The number of rotatable bonds is 3. The van der Waals surface area contributed by atoms with E-state index in [1.165, 1.54) is 19.3 Å². The Hall–Kier alpha value is -0.900. The molecule has 4 heteroatoms. The van der Waals surface area contributed by atoms with Crippen LogP contribution in [-0.4, -0.2) is 17.2 Å². The lowest BCUT2D eigenvalue weighted by Gasteiger charge is -2.03. The minimum atomic E-state index is 0.553. The van der Waals surface area contributed by atoms with Gasteiger partial charge >= 0.3 is 0 Å². The van der Waals surface area contributed by atoms with E-state index in [4.69, 9.17) is 4.52 Å². The first kappa shape index (κ1) is 8.41. The van der Waals surface area contributed by atoms with Crippen molar-refractivity contribution in [2.24, 2.45) is 11.8 Å². The molecule has 0 aromatic carbocycles. The number of aromatic nitrogens is 2. The average molecular weight is 193 g/mol. The summed E-state index contributed by atoms with van der Waals surface area (Å²) in [5.74, 6) is 4.14. The van der Waals surface area contributed by atoms with E-state index in [9.17, 15) is 0 Å². The molecule has 0 bridgehead atoms. The molecule has 2 fully saturated rings. The van der Waals surface area contributed by atoms with Crippen LogP contribution in [0.15, 0.2) is 4.52 Å². The first-order chi connectivity index (χ1) is 6.86. The van der Waals surface area contributed by atoms with Crippen molar-refractivity contribution < 1.29 is 4.52 Å². The molecule has 0 saturated heterocycles. The number of nitrogens with one attached hydrogen (secondary N) is 1. The lowest BCUT2D eigenvalue weighted by Crippen LogP contribution is -2.06. The van der Waals surface area contributed by atoms with Crippen molar-refractivity contribution in [3.05, 3.63) is 11.7 Å². The molecule has 2 unspecified atom stereocenters. The standard InChI is InChI=1S/C10H15N3O/c1-11-5-9-12-10(14-13-9)8-3-6-2-7(6)4-8/h6-8,11H,2-5H2,1H3. The summed E-state index contributed by atoms with van der Waals surface area (Å²) in [5, 5.41) is 6.96. The molecule has 0 aliphatic heterocycles. The van der Waals surface area contributed by atoms with E-state index >= 15 is 0 Å². The summed E-state index contributed by atoms with van der Waals surface area (Å²) in [6.45, 7) is 0.697. The van der Waals surface area contributed by atoms with Gasteiger partial charge in [0.2, 0.25) is 5.89 Å². The molecular formula is C10H15N3O. The van der Waals surface area contributed by atoms with Crippen LogP contribution in [0.2, 0.25) is 0 Å². The van der Waals surface area contributed by atoms with Gasteiger partial charge in [0.05, 0.1) is 6.54 Å². The molecule has 4 nitrogen and oxygen atoms in total. The molecular weight excluding hydrogens is 178 g/mol. The average Bonchev–Trinajstić information content (AvgIpc) is 2.68. The van der Waals surface area contributed by atoms with Gasteiger partial charge in [0.15, 0.2) is 5.82 Å². The van der Waals surface area contributed by atoms with Crippen molar-refractivity contribution in [1.29, 1.82) is 0 Å². The predicted molar refractivity (Wildman–Crippen MR) is 50.6 cm³/mol. The molecule has 14 heavy (non-hydrogen) atoms. The number of fused-ring (bicyclic) bond motifs is 1. The van der Waals surface area contributed by atoms with Gasteiger partial charge in [-0.05, 0) is 38.1 Å². The highest BCUT2D eigenvalue weighted by molar-refractivity contribution is 5.06. The third kappa shape index (κ3) is 1.34. The SMILES string of the molecule is CNCc1noc(C2CC3CC3C2)n1. The first-order valence-corrected chi connectivity index (χ1v) is 5.34. The second-order valence-corrected chi connectivity index (χ2v) is 4.50. The van der Waals surface area contributed by atoms with Gasteiger partial charge in [0.25, 0.3) is 0 Å². The highest BCUT2D eigenvalue weighted by atomic mass is 16.5. The third-order valence-corrected chi connectivity index (χ3v) is 3.41. The van der Waals surface area contributed by atoms with Crippen molar-refractivity contribution in [2.45, 2.75) is 31.7 Å². The summed E-state index contributed by atoms with van der Waals surface area (Å²) in [5.41, 5.74) is 0. The molecule has 2 aliphatic rings. The molecule has 1 aromatic rings. The lowest BCUT2D eigenvalue weighted by molar-refractivity contribution is 0.342. The van der Waals surface area contributed by atoms with Gasteiger partial charge in [-0.3, -0.25) is 0 Å². The maximum atomic E-state index is 5.27. The molecule has 2 atom stereocenters. The Morgan fingerprint density at radius 3 is 2.86 bits per heavy atom. The first-order valence-electron chi connectivity index (χ1n) is 5.34. The minimum Gasteiger partial charge on any atom is -0.339 e. The van der Waals surface area contributed by atoms with Crippen molar-refractivity contribution in [2.75, 3.05) is 7.05 Å². The van der Waals surface area contributed by atoms with Gasteiger partial charge in [0, 0.05) is 5.92 Å². The maximum Gasteiger partial charge on any atom is 0.229 e. The molecule has 1 aromatic heterocycles. The molecule has 2 saturated carbocycles. The summed E-state index contributed by atoms with van der Waals surface area (Å²) in [6, 6.07) is 0. The Morgan fingerprint density at radius 2 is 2.14 bits per heavy atom. The highest BCUT2D eigenvalue weighted by Gasteiger charge is 2.47. The highest BCUT2D eigenvalue weighted by Crippen LogP contribution is 2.57. The molecule has 0 spiro atoms. The monoisotopic (exact) mass is 193 g/mol. The van der Waals surface area contributed by atoms with Crippen LogP contribution >= 0.6 is 0 Å². The molecule has 0 amide bonds. The fourth-order valence-corrected chi connectivity index (χ4v) is 2.58. The Balaban J connectivity index is 1.70. The Kier molecular flexibility index (Phi) is 1.83. The van der Waals surface area contributed by atoms with Crippen LogP contribution in [0.5, 0.6) is 0 Å². The van der Waals surface area contributed by atoms with Crippen LogP contribution < -0.4 is 5.32 Å². The maximum absolute atomic E-state index is 5.27. The van der Waals surface area contributed by atoms with Crippen LogP contribution in [-0.2, 0) is 6.54 Å². The zero-order valence-corrected chi connectivity index (χ0v) is 8.36. The van der Waals surface area contributed by atoms with Crippen LogP contribution in [0.3, 0.4) is 0 Å². The van der Waals surface area contributed by atoms with Crippen LogP contribution in [0.25, 0.3) is 0 Å². The molecule has 1 N–H and O–H groups in total. The fraction of sp³-hybridized carbons (Fsp3) is 0.800. The molecule has 76 valence electrons. The largest absolute Gasteiger partial charge is 0.339 e. The van der Waals surface area contributed by atoms with E-state index in [1.54, 1.807) is 0 Å². The molecule has 1 heterocycles. The van der Waals surface area contributed by atoms with E-state index in [1.807, 2.05) is 7.05 Å². The normalized spacial score (nSPS) is 34.5. The van der Waals surface area contributed by atoms with Gasteiger partial charge in [-0.2, -0.15) is 4.98 Å². The summed E-state index contributed by atoms with van der Waals surface area (Å²) in [6.07, 6.45) is 3.98. The van der Waals surface area contributed by atoms with E-state index in [2.05, 4.69) is 15.5 Å². The van der Waals surface area contributed by atoms with Gasteiger partial charge in [0.1, 0.15) is 0 Å². The van der Waals surface area contributed by atoms with Crippen LogP contribution in [0.4, 0.5) is 0 Å². The Bertz CT molecular complexity index is 326. The predicted octanol–water partition coefficient (Wildman–Crippen LogP) is 1.30. The van der Waals surface area contributed by atoms with Crippen molar-refractivity contribution in [3.8, 4) is 0 Å². The van der Waals surface area contributed by atoms with Gasteiger partial charge in [-0.15, -0.1) is 0 Å². The lowest BCUT2D eigenvalue weighted by atomic mass is 10.0. The number of nitrogens with zero attached hydrogens (tertiary/aromatic N) is 2. The topological polar surface area (TPSA) is 51.0 Å². The quantitative estimate of drug-likeness (QED) is 0.786. The summed E-state index contributed by atoms with van der Waals surface area (Å²) in [4.78, 5) is 4.40. The van der Waals surface area contributed by atoms with E-state index in [0.29, 0.717) is 12.5 Å². The summed E-state index contributed by atoms with van der Waals surface area (Å²) >= 11 is 0. The zero-order chi connectivity index (χ0) is 9.54. The van der Waals surface area contributed by atoms with E-state index < -0.39 is 0 Å². The van der Waals surface area contributed by atoms with Crippen molar-refractivity contribution in [3.63, 3.8) is 0 Å². The smallest absolute Gasteiger partial charge is 0.229 e. The summed E-state index contributed by atoms with van der Waals surface area (Å²) < 4.78 is 5.27. The zero-order valence-electron chi connectivity index (χ0n) is 8.36. The molecule has 0 radical (unpaired) electrons. The number of hydrogen-bond acceptors (Lipinski definition) is 4. The van der Waals surface area contributed by atoms with Crippen LogP contribution in [0, 0.1) is 11.8 Å². The van der Waals surface area contributed by atoms with Gasteiger partial charge in [-0.25, -0.2) is 0 Å². The van der Waals surface area contributed by atoms with Gasteiger partial charge < -0.3 is 9.84 Å². The Morgan fingerprint density at radius 1 is 1.36 bits per heavy atom. The molecule has 3 rings (SSSR count). The number of hydrogen-bond donors (Lipinski definition) is 1. The second kappa shape index (κ2) is 3.05. The van der Waals surface area contributed by atoms with Crippen molar-refractivity contribution >= 4 is 0 Å². The van der Waals surface area contributed by atoms with Crippen LogP contribution in [0.1, 0.15) is 36.9 Å². The molecule has 2 aliphatic carbocycles. The van der Waals surface area contributed by atoms with Crippen molar-refractivity contribution in [1.82, 2.24) is 15.5 Å². The van der Waals surface area contributed by atoms with E-state index in [-0.39, 0.29) is 0 Å². The van der Waals surface area contributed by atoms with Gasteiger partial charge in [-0.1, -0.05) is 5.16 Å². The second-order valence-electron chi connectivity index (χ2n) is 4.50. The Labute approximate surface area is 83.1 Å². The van der Waals surface area contributed by atoms with E-state index in [0.717, 1.165) is 23.6 Å². The minimum absolute atomic E-state index is 0.553. The third-order valence-electron chi connectivity index (χ3n) is 3.41. The fourth-order valence-electron chi connectivity index (χ4n) is 2.58.